The minimum Gasteiger partial charge on any atom is -0.307 e. The average Bonchev–Trinajstić information content (AvgIpc) is 2.87. The summed E-state index contributed by atoms with van der Waals surface area (Å²) < 4.78 is 1.77. The Balaban J connectivity index is 1.75. The number of benzene rings is 1. The van der Waals surface area contributed by atoms with Gasteiger partial charge in [0, 0.05) is 30.8 Å². The lowest BCUT2D eigenvalue weighted by Crippen LogP contribution is -2.32. The van der Waals surface area contributed by atoms with Crippen LogP contribution in [0.5, 0.6) is 0 Å². The lowest BCUT2D eigenvalue weighted by Gasteiger charge is -2.21. The van der Waals surface area contributed by atoms with E-state index in [-0.39, 0.29) is 5.91 Å². The van der Waals surface area contributed by atoms with E-state index in [0.29, 0.717) is 11.5 Å². The average molecular weight is 292 g/mol. The predicted molar refractivity (Wildman–Crippen MR) is 84.0 cm³/mol. The normalized spacial score (nSPS) is 14.6. The Kier molecular flexibility index (Phi) is 3.11. The van der Waals surface area contributed by atoms with Gasteiger partial charge < -0.3 is 4.90 Å². The molecule has 3 heterocycles. The Morgan fingerprint density at radius 3 is 2.95 bits per heavy atom. The predicted octanol–water partition coefficient (Wildman–Crippen LogP) is 2.71. The van der Waals surface area contributed by atoms with E-state index in [4.69, 9.17) is 0 Å². The van der Waals surface area contributed by atoms with E-state index in [1.54, 1.807) is 16.8 Å². The molecule has 0 saturated heterocycles. The molecule has 0 saturated carbocycles. The molecular formula is C17H16N4O. The van der Waals surface area contributed by atoms with Gasteiger partial charge >= 0.3 is 0 Å². The van der Waals surface area contributed by atoms with Crippen molar-refractivity contribution in [2.75, 3.05) is 11.4 Å². The summed E-state index contributed by atoms with van der Waals surface area (Å²) in [5.41, 5.74) is 2.68. The number of aromatic nitrogens is 3. The molecule has 1 aromatic carbocycles. The van der Waals surface area contributed by atoms with Gasteiger partial charge in [0.1, 0.15) is 5.69 Å². The van der Waals surface area contributed by atoms with Crippen LogP contribution in [0.1, 0.15) is 28.9 Å². The zero-order valence-corrected chi connectivity index (χ0v) is 12.1. The summed E-state index contributed by atoms with van der Waals surface area (Å²) in [4.78, 5) is 23.3. The van der Waals surface area contributed by atoms with Gasteiger partial charge in [0.25, 0.3) is 5.91 Å². The van der Waals surface area contributed by atoms with Crippen LogP contribution in [0, 0.1) is 0 Å². The van der Waals surface area contributed by atoms with E-state index in [1.165, 1.54) is 5.56 Å². The zero-order chi connectivity index (χ0) is 14.9. The van der Waals surface area contributed by atoms with Crippen molar-refractivity contribution in [1.82, 2.24) is 14.4 Å². The molecule has 0 unspecified atom stereocenters. The molecule has 0 aliphatic carbocycles. The Hall–Kier alpha value is -2.69. The number of imidazole rings is 1. The van der Waals surface area contributed by atoms with Crippen LogP contribution in [0.15, 0.2) is 48.9 Å². The first-order valence-electron chi connectivity index (χ1n) is 7.52. The number of nitrogens with zero attached hydrogens (tertiary/aromatic N) is 4. The number of fused-ring (bicyclic) bond motifs is 2. The van der Waals surface area contributed by atoms with Crippen LogP contribution < -0.4 is 4.90 Å². The van der Waals surface area contributed by atoms with Gasteiger partial charge in [0.2, 0.25) is 5.78 Å². The standard InChI is InChI=1S/C17H16N4O/c22-16(14-12-20-10-5-9-18-17(20)19-14)21-11-4-3-7-13-6-1-2-8-15(13)21/h1-2,5-6,8-10,12H,3-4,7,11H2. The van der Waals surface area contributed by atoms with Gasteiger partial charge in [-0.3, -0.25) is 9.20 Å². The second-order valence-electron chi connectivity index (χ2n) is 5.50. The molecule has 0 spiro atoms. The van der Waals surface area contributed by atoms with Gasteiger partial charge in [-0.1, -0.05) is 18.2 Å². The highest BCUT2D eigenvalue weighted by atomic mass is 16.2. The first kappa shape index (κ1) is 13.0. The summed E-state index contributed by atoms with van der Waals surface area (Å²) in [5.74, 6) is 0.494. The Labute approximate surface area is 128 Å². The highest BCUT2D eigenvalue weighted by Gasteiger charge is 2.24. The van der Waals surface area contributed by atoms with E-state index in [2.05, 4.69) is 16.0 Å². The molecule has 22 heavy (non-hydrogen) atoms. The van der Waals surface area contributed by atoms with Crippen LogP contribution in [0.4, 0.5) is 5.69 Å². The lowest BCUT2D eigenvalue weighted by molar-refractivity contribution is 0.0982. The molecule has 110 valence electrons. The van der Waals surface area contributed by atoms with Gasteiger partial charge in [0.05, 0.1) is 0 Å². The first-order valence-corrected chi connectivity index (χ1v) is 7.52. The second kappa shape index (κ2) is 5.26. The molecule has 4 rings (SSSR count). The molecule has 0 fully saturated rings. The largest absolute Gasteiger partial charge is 0.307 e. The zero-order valence-electron chi connectivity index (χ0n) is 12.1. The number of rotatable bonds is 1. The second-order valence-corrected chi connectivity index (χ2v) is 5.50. The maximum Gasteiger partial charge on any atom is 0.278 e. The van der Waals surface area contributed by atoms with Crippen LogP contribution in [-0.2, 0) is 6.42 Å². The van der Waals surface area contributed by atoms with E-state index in [9.17, 15) is 4.79 Å². The van der Waals surface area contributed by atoms with Crippen LogP contribution in [-0.4, -0.2) is 26.8 Å². The summed E-state index contributed by atoms with van der Waals surface area (Å²) in [6.07, 6.45) is 8.41. The number of anilines is 1. The molecule has 0 atom stereocenters. The van der Waals surface area contributed by atoms with E-state index in [1.807, 2.05) is 35.4 Å². The fourth-order valence-corrected chi connectivity index (χ4v) is 2.97. The van der Waals surface area contributed by atoms with E-state index < -0.39 is 0 Å². The van der Waals surface area contributed by atoms with Crippen molar-refractivity contribution in [3.63, 3.8) is 0 Å². The van der Waals surface area contributed by atoms with Gasteiger partial charge in [0.15, 0.2) is 0 Å². The SMILES string of the molecule is O=C(c1cn2cccnc2n1)N1CCCCc2ccccc21. The van der Waals surface area contributed by atoms with Crippen molar-refractivity contribution in [2.45, 2.75) is 19.3 Å². The number of para-hydroxylation sites is 1. The minimum absolute atomic E-state index is 0.0557. The van der Waals surface area contributed by atoms with Gasteiger partial charge in [-0.05, 0) is 37.0 Å². The summed E-state index contributed by atoms with van der Waals surface area (Å²) in [6, 6.07) is 9.96. The maximum absolute atomic E-state index is 12.9. The fourth-order valence-electron chi connectivity index (χ4n) is 2.97. The van der Waals surface area contributed by atoms with E-state index in [0.717, 1.165) is 31.5 Å². The summed E-state index contributed by atoms with van der Waals surface area (Å²) in [7, 11) is 0. The molecule has 0 N–H and O–H groups in total. The van der Waals surface area contributed by atoms with Crippen molar-refractivity contribution in [1.29, 1.82) is 0 Å². The van der Waals surface area contributed by atoms with Crippen molar-refractivity contribution < 1.29 is 4.79 Å². The lowest BCUT2D eigenvalue weighted by atomic mass is 10.1. The fraction of sp³-hybridized carbons (Fsp3) is 0.235. The molecular weight excluding hydrogens is 276 g/mol. The number of hydrogen-bond donors (Lipinski definition) is 0. The first-order chi connectivity index (χ1) is 10.8. The van der Waals surface area contributed by atoms with Crippen LogP contribution in [0.2, 0.25) is 0 Å². The smallest absolute Gasteiger partial charge is 0.278 e. The topological polar surface area (TPSA) is 50.5 Å². The number of hydrogen-bond acceptors (Lipinski definition) is 3. The summed E-state index contributed by atoms with van der Waals surface area (Å²) in [6.45, 7) is 0.733. The third-order valence-corrected chi connectivity index (χ3v) is 4.06. The Morgan fingerprint density at radius 2 is 2.05 bits per heavy atom. The van der Waals surface area contributed by atoms with Gasteiger partial charge in [-0.15, -0.1) is 0 Å². The Bertz CT molecular complexity index is 806. The van der Waals surface area contributed by atoms with Crippen molar-refractivity contribution >= 4 is 17.4 Å². The minimum atomic E-state index is -0.0557. The number of aryl methyl sites for hydroxylation is 1. The molecule has 1 aliphatic heterocycles. The number of carbonyl (C=O) groups excluding carboxylic acids is 1. The van der Waals surface area contributed by atoms with Gasteiger partial charge in [-0.2, -0.15) is 0 Å². The van der Waals surface area contributed by atoms with Crippen LogP contribution in [0.3, 0.4) is 0 Å². The third-order valence-electron chi connectivity index (χ3n) is 4.06. The van der Waals surface area contributed by atoms with E-state index >= 15 is 0 Å². The highest BCUT2D eigenvalue weighted by Crippen LogP contribution is 2.27. The van der Waals surface area contributed by atoms with Crippen LogP contribution in [0.25, 0.3) is 5.78 Å². The molecule has 1 aliphatic rings. The maximum atomic E-state index is 12.9. The monoisotopic (exact) mass is 292 g/mol. The quantitative estimate of drug-likeness (QED) is 0.693. The Morgan fingerprint density at radius 1 is 1.14 bits per heavy atom. The number of carbonyl (C=O) groups is 1. The summed E-state index contributed by atoms with van der Waals surface area (Å²) >= 11 is 0. The molecule has 5 heteroatoms. The number of amides is 1. The van der Waals surface area contributed by atoms with Crippen molar-refractivity contribution in [3.05, 3.63) is 60.2 Å². The van der Waals surface area contributed by atoms with Crippen LogP contribution >= 0.6 is 0 Å². The van der Waals surface area contributed by atoms with Gasteiger partial charge in [-0.25, -0.2) is 9.97 Å². The molecule has 0 radical (unpaired) electrons. The summed E-state index contributed by atoms with van der Waals surface area (Å²) in [5, 5.41) is 0. The molecule has 3 aromatic rings. The third kappa shape index (κ3) is 2.15. The molecule has 1 amide bonds. The highest BCUT2D eigenvalue weighted by molar-refractivity contribution is 6.05. The molecule has 2 aromatic heterocycles. The van der Waals surface area contributed by atoms with Crippen molar-refractivity contribution in [3.8, 4) is 0 Å². The molecule has 5 nitrogen and oxygen atoms in total. The molecule has 0 bridgehead atoms. The van der Waals surface area contributed by atoms with Crippen molar-refractivity contribution in [2.24, 2.45) is 0 Å².